The van der Waals surface area contributed by atoms with E-state index in [1.807, 2.05) is 37.3 Å². The van der Waals surface area contributed by atoms with Crippen molar-refractivity contribution in [3.8, 4) is 0 Å². The van der Waals surface area contributed by atoms with Gasteiger partial charge < -0.3 is 5.32 Å². The van der Waals surface area contributed by atoms with Crippen LogP contribution in [0.3, 0.4) is 0 Å². The lowest BCUT2D eigenvalue weighted by molar-refractivity contribution is -0.116. The summed E-state index contributed by atoms with van der Waals surface area (Å²) in [5.41, 5.74) is 2.77. The Morgan fingerprint density at radius 2 is 1.89 bits per heavy atom. The Balaban J connectivity index is 1.86. The van der Waals surface area contributed by atoms with Crippen LogP contribution in [0.5, 0.6) is 0 Å². The summed E-state index contributed by atoms with van der Waals surface area (Å²) in [5, 5.41) is 2.82. The van der Waals surface area contributed by atoms with Crippen molar-refractivity contribution in [1.29, 1.82) is 0 Å². The fourth-order valence-electron chi connectivity index (χ4n) is 1.81. The van der Waals surface area contributed by atoms with Gasteiger partial charge in [-0.1, -0.05) is 29.8 Å². The first kappa shape index (κ1) is 13.3. The van der Waals surface area contributed by atoms with E-state index in [0.29, 0.717) is 12.8 Å². The van der Waals surface area contributed by atoms with E-state index < -0.39 is 0 Å². The van der Waals surface area contributed by atoms with Gasteiger partial charge in [0.25, 0.3) is 0 Å². The van der Waals surface area contributed by atoms with Crippen LogP contribution in [0.25, 0.3) is 0 Å². The number of carbonyl (C=O) groups excluding carboxylic acids is 1. The van der Waals surface area contributed by atoms with E-state index in [1.54, 1.807) is 6.07 Å². The zero-order chi connectivity index (χ0) is 13.7. The van der Waals surface area contributed by atoms with Crippen molar-refractivity contribution in [3.05, 3.63) is 65.5 Å². The maximum atomic E-state index is 13.0. The highest BCUT2D eigenvalue weighted by Gasteiger charge is 2.03. The molecule has 0 unspecified atom stereocenters. The van der Waals surface area contributed by atoms with Crippen molar-refractivity contribution in [3.63, 3.8) is 0 Å². The molecule has 0 aliphatic rings. The fourth-order valence-corrected chi connectivity index (χ4v) is 1.81. The number of rotatable bonds is 4. The van der Waals surface area contributed by atoms with E-state index in [-0.39, 0.29) is 11.7 Å². The van der Waals surface area contributed by atoms with Crippen molar-refractivity contribution < 1.29 is 9.18 Å². The van der Waals surface area contributed by atoms with Gasteiger partial charge in [-0.05, 0) is 43.2 Å². The fraction of sp³-hybridized carbons (Fsp3) is 0.188. The first-order valence-corrected chi connectivity index (χ1v) is 6.24. The molecule has 0 saturated carbocycles. The zero-order valence-electron chi connectivity index (χ0n) is 10.8. The topological polar surface area (TPSA) is 29.1 Å². The number of carbonyl (C=O) groups is 1. The molecule has 0 spiro atoms. The summed E-state index contributed by atoms with van der Waals surface area (Å²) in [6, 6.07) is 14.0. The summed E-state index contributed by atoms with van der Waals surface area (Å²) < 4.78 is 13.0. The minimum absolute atomic E-state index is 0.0619. The highest BCUT2D eigenvalue weighted by molar-refractivity contribution is 5.90. The van der Waals surface area contributed by atoms with Gasteiger partial charge in [0.1, 0.15) is 5.82 Å². The summed E-state index contributed by atoms with van der Waals surface area (Å²) in [7, 11) is 0. The molecule has 2 aromatic rings. The van der Waals surface area contributed by atoms with Crippen molar-refractivity contribution in [2.45, 2.75) is 19.8 Å². The lowest BCUT2D eigenvalue weighted by Gasteiger charge is -2.05. The molecule has 0 aliphatic carbocycles. The normalized spacial score (nSPS) is 10.2. The second kappa shape index (κ2) is 6.14. The molecular formula is C16H16FNO. The van der Waals surface area contributed by atoms with Crippen molar-refractivity contribution in [2.75, 3.05) is 5.32 Å². The van der Waals surface area contributed by atoms with Crippen molar-refractivity contribution in [2.24, 2.45) is 0 Å². The number of hydrogen-bond donors (Lipinski definition) is 1. The Kier molecular flexibility index (Phi) is 4.29. The predicted molar refractivity (Wildman–Crippen MR) is 74.5 cm³/mol. The smallest absolute Gasteiger partial charge is 0.224 e. The summed E-state index contributed by atoms with van der Waals surface area (Å²) in [5.74, 6) is -0.329. The summed E-state index contributed by atoms with van der Waals surface area (Å²) >= 11 is 0. The quantitative estimate of drug-likeness (QED) is 0.889. The third kappa shape index (κ3) is 4.21. The predicted octanol–water partition coefficient (Wildman–Crippen LogP) is 3.71. The molecule has 98 valence electrons. The molecule has 0 bridgehead atoms. The third-order valence-corrected chi connectivity index (χ3v) is 2.87. The van der Waals surface area contributed by atoms with Crippen LogP contribution in [0.2, 0.25) is 0 Å². The van der Waals surface area contributed by atoms with Gasteiger partial charge in [-0.3, -0.25) is 4.79 Å². The van der Waals surface area contributed by atoms with Gasteiger partial charge in [-0.25, -0.2) is 4.39 Å². The number of amides is 1. The molecule has 0 aliphatic heterocycles. The van der Waals surface area contributed by atoms with Gasteiger partial charge >= 0.3 is 0 Å². The Hall–Kier alpha value is -2.16. The summed E-state index contributed by atoms with van der Waals surface area (Å²) in [4.78, 5) is 11.8. The van der Waals surface area contributed by atoms with Crippen LogP contribution >= 0.6 is 0 Å². The number of aryl methyl sites for hydroxylation is 2. The third-order valence-electron chi connectivity index (χ3n) is 2.87. The van der Waals surface area contributed by atoms with Gasteiger partial charge in [0.2, 0.25) is 5.91 Å². The minimum atomic E-state index is -0.267. The molecule has 19 heavy (non-hydrogen) atoms. The molecule has 3 heteroatoms. The number of hydrogen-bond acceptors (Lipinski definition) is 1. The SMILES string of the molecule is Cc1ccc(NC(=O)CCc2cccc(F)c2)cc1. The molecule has 1 N–H and O–H groups in total. The van der Waals surface area contributed by atoms with Crippen LogP contribution in [0.15, 0.2) is 48.5 Å². The standard InChI is InChI=1S/C16H16FNO/c1-12-5-8-15(9-6-12)18-16(19)10-7-13-3-2-4-14(17)11-13/h2-6,8-9,11H,7,10H2,1H3,(H,18,19). The van der Waals surface area contributed by atoms with Gasteiger partial charge in [0, 0.05) is 12.1 Å². The zero-order valence-corrected chi connectivity index (χ0v) is 10.8. The first-order chi connectivity index (χ1) is 9.13. The van der Waals surface area contributed by atoms with Crippen LogP contribution in [0.1, 0.15) is 17.5 Å². The van der Waals surface area contributed by atoms with E-state index in [9.17, 15) is 9.18 Å². The Morgan fingerprint density at radius 3 is 2.58 bits per heavy atom. The number of benzene rings is 2. The number of nitrogens with one attached hydrogen (secondary N) is 1. The number of halogens is 1. The van der Waals surface area contributed by atoms with Crippen LogP contribution in [-0.4, -0.2) is 5.91 Å². The highest BCUT2D eigenvalue weighted by Crippen LogP contribution is 2.10. The van der Waals surface area contributed by atoms with E-state index in [0.717, 1.165) is 16.8 Å². The maximum absolute atomic E-state index is 13.0. The second-order valence-corrected chi connectivity index (χ2v) is 4.54. The van der Waals surface area contributed by atoms with Gasteiger partial charge in [0.05, 0.1) is 0 Å². The van der Waals surface area contributed by atoms with Crippen molar-refractivity contribution >= 4 is 11.6 Å². The van der Waals surface area contributed by atoms with Crippen LogP contribution < -0.4 is 5.32 Å². The molecule has 0 fully saturated rings. The van der Waals surface area contributed by atoms with Crippen LogP contribution in [-0.2, 0) is 11.2 Å². The molecule has 2 rings (SSSR count). The minimum Gasteiger partial charge on any atom is -0.326 e. The summed E-state index contributed by atoms with van der Waals surface area (Å²) in [6.07, 6.45) is 0.882. The lowest BCUT2D eigenvalue weighted by atomic mass is 10.1. The molecule has 0 heterocycles. The van der Waals surface area contributed by atoms with Gasteiger partial charge in [-0.2, -0.15) is 0 Å². The summed E-state index contributed by atoms with van der Waals surface area (Å²) in [6.45, 7) is 2.00. The van der Waals surface area contributed by atoms with Crippen LogP contribution in [0, 0.1) is 12.7 Å². The Labute approximate surface area is 112 Å². The molecule has 2 aromatic carbocycles. The van der Waals surface area contributed by atoms with E-state index in [4.69, 9.17) is 0 Å². The van der Waals surface area contributed by atoms with Crippen LogP contribution in [0.4, 0.5) is 10.1 Å². The maximum Gasteiger partial charge on any atom is 0.224 e. The Morgan fingerprint density at radius 1 is 1.16 bits per heavy atom. The first-order valence-electron chi connectivity index (χ1n) is 6.24. The van der Waals surface area contributed by atoms with E-state index in [2.05, 4.69) is 5.32 Å². The average molecular weight is 257 g/mol. The number of anilines is 1. The molecule has 0 saturated heterocycles. The second-order valence-electron chi connectivity index (χ2n) is 4.54. The average Bonchev–Trinajstić information content (AvgIpc) is 2.39. The highest BCUT2D eigenvalue weighted by atomic mass is 19.1. The Bertz CT molecular complexity index is 563. The van der Waals surface area contributed by atoms with Gasteiger partial charge in [0.15, 0.2) is 0 Å². The molecule has 0 atom stereocenters. The van der Waals surface area contributed by atoms with E-state index in [1.165, 1.54) is 12.1 Å². The van der Waals surface area contributed by atoms with Gasteiger partial charge in [-0.15, -0.1) is 0 Å². The molecular weight excluding hydrogens is 241 g/mol. The lowest BCUT2D eigenvalue weighted by Crippen LogP contribution is -2.12. The van der Waals surface area contributed by atoms with Crippen molar-refractivity contribution in [1.82, 2.24) is 0 Å². The molecule has 0 aromatic heterocycles. The monoisotopic (exact) mass is 257 g/mol. The molecule has 0 radical (unpaired) electrons. The largest absolute Gasteiger partial charge is 0.326 e. The molecule has 2 nitrogen and oxygen atoms in total. The molecule has 1 amide bonds. The van der Waals surface area contributed by atoms with E-state index >= 15 is 0 Å².